The average Bonchev–Trinajstić information content (AvgIpc) is 3.21. The van der Waals surface area contributed by atoms with E-state index < -0.39 is 17.1 Å². The summed E-state index contributed by atoms with van der Waals surface area (Å²) >= 11 is 12.0. The van der Waals surface area contributed by atoms with E-state index in [0.29, 0.717) is 36.3 Å². The third kappa shape index (κ3) is 10.6. The Morgan fingerprint density at radius 3 is 2.33 bits per heavy atom. The van der Waals surface area contributed by atoms with Crippen LogP contribution in [-0.2, 0) is 0 Å². The topological polar surface area (TPSA) is 60.7 Å². The van der Waals surface area contributed by atoms with Crippen molar-refractivity contribution < 1.29 is 15.3 Å². The Morgan fingerprint density at radius 1 is 1.14 bits per heavy atom. The molecule has 0 spiro atoms. The molecule has 3 rings (SSSR count). The highest BCUT2D eigenvalue weighted by Gasteiger charge is 2.52. The monoisotopic (exact) mass is 654 g/mol. The molecular formula is C30H55IO3S2. The largest absolute Gasteiger partial charge is 0.393 e. The molecule has 3 fully saturated rings. The minimum absolute atomic E-state index is 0.249. The Bertz CT molecular complexity index is 701. The normalized spacial score (nSPS) is 34.2. The molecule has 3 nitrogen and oxygen atoms in total. The molecule has 6 heteroatoms. The first-order valence-corrected chi connectivity index (χ1v) is 16.3. The number of allylic oxidation sites excluding steroid dienone is 3. The molecule has 212 valence electrons. The van der Waals surface area contributed by atoms with Crippen molar-refractivity contribution in [2.24, 2.45) is 11.8 Å². The third-order valence-electron chi connectivity index (χ3n) is 7.31. The molecular weight excluding hydrogens is 599 g/mol. The van der Waals surface area contributed by atoms with Crippen molar-refractivity contribution in [1.82, 2.24) is 0 Å². The number of fused-ring (bicyclic) bond motifs is 1. The fourth-order valence-electron chi connectivity index (χ4n) is 5.70. The second-order valence-corrected chi connectivity index (χ2v) is 13.4. The second-order valence-electron chi connectivity index (χ2n) is 9.76. The summed E-state index contributed by atoms with van der Waals surface area (Å²) in [6.07, 6.45) is 12.8. The van der Waals surface area contributed by atoms with Crippen molar-refractivity contribution in [3.8, 4) is 0 Å². The summed E-state index contributed by atoms with van der Waals surface area (Å²) < 4.78 is 0.249. The van der Waals surface area contributed by atoms with Crippen LogP contribution in [0.1, 0.15) is 113 Å². The molecule has 3 aliphatic carbocycles. The van der Waals surface area contributed by atoms with Gasteiger partial charge in [-0.15, -0.1) is 12.6 Å². The number of halogens is 1. The molecule has 36 heavy (non-hydrogen) atoms. The fourth-order valence-corrected chi connectivity index (χ4v) is 8.58. The Labute approximate surface area is 247 Å². The van der Waals surface area contributed by atoms with Crippen LogP contribution in [0.25, 0.3) is 0 Å². The molecule has 7 atom stereocenters. The lowest BCUT2D eigenvalue weighted by molar-refractivity contribution is 0.0862. The number of rotatable bonds is 6. The smallest absolute Gasteiger partial charge is 0.104 e. The summed E-state index contributed by atoms with van der Waals surface area (Å²) in [7, 11) is 0. The quantitative estimate of drug-likeness (QED) is 0.0865. The molecule has 0 amide bonds. The molecule has 0 heterocycles. The molecule has 0 saturated heterocycles. The first-order chi connectivity index (χ1) is 17.0. The van der Waals surface area contributed by atoms with Crippen LogP contribution in [0, 0.1) is 11.8 Å². The van der Waals surface area contributed by atoms with E-state index in [4.69, 9.17) is 12.6 Å². The van der Waals surface area contributed by atoms with Gasteiger partial charge in [-0.05, 0) is 87.7 Å². The van der Waals surface area contributed by atoms with Gasteiger partial charge in [0.05, 0.1) is 12.2 Å². The summed E-state index contributed by atoms with van der Waals surface area (Å²) in [5.74, 6) is 1.16. The van der Waals surface area contributed by atoms with Gasteiger partial charge < -0.3 is 15.3 Å². The van der Waals surface area contributed by atoms with Crippen LogP contribution in [0.5, 0.6) is 0 Å². The second kappa shape index (κ2) is 18.0. The maximum atomic E-state index is 10.1. The molecule has 3 N–H and O–H groups in total. The van der Waals surface area contributed by atoms with Gasteiger partial charge in [-0.2, -0.15) is 12.6 Å². The Kier molecular flexibility index (Phi) is 18.3. The van der Waals surface area contributed by atoms with Crippen LogP contribution < -0.4 is 0 Å². The Morgan fingerprint density at radius 2 is 1.75 bits per heavy atom. The minimum atomic E-state index is -0.897. The van der Waals surface area contributed by atoms with Crippen LogP contribution >= 0.6 is 47.8 Å². The van der Waals surface area contributed by atoms with Gasteiger partial charge in [-0.25, -0.2) is 0 Å². The maximum absolute atomic E-state index is 10.1. The highest BCUT2D eigenvalue weighted by Crippen LogP contribution is 2.59. The molecule has 0 aromatic heterocycles. The molecule has 0 aromatic carbocycles. The zero-order valence-corrected chi connectivity index (χ0v) is 27.9. The Balaban J connectivity index is 0.00000190. The Hall–Kier alpha value is 0.530. The van der Waals surface area contributed by atoms with E-state index in [1.807, 2.05) is 41.5 Å². The maximum Gasteiger partial charge on any atom is 0.104 e. The number of alkyl halides is 1. The minimum Gasteiger partial charge on any atom is -0.393 e. The van der Waals surface area contributed by atoms with Gasteiger partial charge in [0.2, 0.25) is 0 Å². The standard InChI is InChI=1S/C24H37IO3S2.3C2H6/c1-15-17(13-18(26)14-21(15)27)8-7-16-5-3-12-24(25)19(16)9-10-20(24)22(29)6-4-11-23(2,28)30;3*1-2/h7-8,18-22,26-30H,1,3-6,9-14H2,2H3;3*1-2H3/b16-7+,17-8-;;;/t18-,19+,20?,21+,22-,23?,24-;;;/m1.../s1. The van der Waals surface area contributed by atoms with Crippen molar-refractivity contribution in [1.29, 1.82) is 0 Å². The fraction of sp³-hybridized carbons (Fsp3) is 0.800. The number of hydrogen-bond donors (Lipinski definition) is 5. The van der Waals surface area contributed by atoms with Crippen molar-refractivity contribution in [2.45, 2.75) is 138 Å². The lowest BCUT2D eigenvalue weighted by atomic mass is 9.73. The summed E-state index contributed by atoms with van der Waals surface area (Å²) in [5, 5.41) is 30.4. The van der Waals surface area contributed by atoms with Gasteiger partial charge in [0, 0.05) is 15.1 Å². The van der Waals surface area contributed by atoms with E-state index in [-0.39, 0.29) is 3.42 Å². The lowest BCUT2D eigenvalue weighted by Crippen LogP contribution is -2.40. The molecule has 3 aliphatic rings. The number of thiol groups is 2. The van der Waals surface area contributed by atoms with Crippen molar-refractivity contribution >= 4 is 47.8 Å². The third-order valence-corrected chi connectivity index (χ3v) is 10.2. The summed E-state index contributed by atoms with van der Waals surface area (Å²) in [4.78, 5) is -0.897. The van der Waals surface area contributed by atoms with E-state index in [9.17, 15) is 15.3 Å². The van der Waals surface area contributed by atoms with Crippen molar-refractivity contribution in [3.05, 3.63) is 35.5 Å². The van der Waals surface area contributed by atoms with Crippen molar-refractivity contribution in [3.63, 3.8) is 0 Å². The molecule has 0 aromatic rings. The summed E-state index contributed by atoms with van der Waals surface area (Å²) in [6, 6.07) is 0. The highest BCUT2D eigenvalue weighted by molar-refractivity contribution is 14.1. The van der Waals surface area contributed by atoms with Gasteiger partial charge in [0.1, 0.15) is 4.93 Å². The number of hydrogen-bond acceptors (Lipinski definition) is 5. The first kappa shape index (κ1) is 36.5. The predicted molar refractivity (Wildman–Crippen MR) is 174 cm³/mol. The summed E-state index contributed by atoms with van der Waals surface area (Å²) in [5.41, 5.74) is 3.25. The van der Waals surface area contributed by atoms with Gasteiger partial charge in [-0.3, -0.25) is 0 Å². The zero-order chi connectivity index (χ0) is 28.1. The van der Waals surface area contributed by atoms with Crippen LogP contribution in [-0.4, -0.2) is 41.1 Å². The molecule has 3 saturated carbocycles. The molecule has 2 unspecified atom stereocenters. The molecule has 0 radical (unpaired) electrons. The lowest BCUT2D eigenvalue weighted by Gasteiger charge is -2.42. The first-order valence-electron chi connectivity index (χ1n) is 14.3. The number of aliphatic hydroxyl groups is 3. The van der Waals surface area contributed by atoms with Gasteiger partial charge in [0.15, 0.2) is 0 Å². The van der Waals surface area contributed by atoms with Gasteiger partial charge in [-0.1, -0.05) is 88.4 Å². The van der Waals surface area contributed by atoms with E-state index in [1.165, 1.54) is 31.3 Å². The van der Waals surface area contributed by atoms with Crippen LogP contribution in [0.3, 0.4) is 0 Å². The van der Waals surface area contributed by atoms with E-state index in [1.54, 1.807) is 6.92 Å². The molecule has 0 aliphatic heterocycles. The van der Waals surface area contributed by atoms with E-state index in [2.05, 4.69) is 54.0 Å². The molecule has 0 bridgehead atoms. The van der Waals surface area contributed by atoms with E-state index in [0.717, 1.165) is 30.4 Å². The SMILES string of the molecule is C=C1/C(=C\C=C2/CCC[C@]3(I)C([C@H](S)CCCC(C)(O)S)CC[C@@H]23)C[C@@H](O)C[C@@H]1O.CC.CC.CC. The predicted octanol–water partition coefficient (Wildman–Crippen LogP) is 8.48. The van der Waals surface area contributed by atoms with Crippen LogP contribution in [0.15, 0.2) is 35.5 Å². The average molecular weight is 655 g/mol. The highest BCUT2D eigenvalue weighted by atomic mass is 127. The van der Waals surface area contributed by atoms with E-state index >= 15 is 0 Å². The van der Waals surface area contributed by atoms with Crippen molar-refractivity contribution in [2.75, 3.05) is 0 Å². The van der Waals surface area contributed by atoms with Crippen LogP contribution in [0.2, 0.25) is 0 Å². The van der Waals surface area contributed by atoms with Crippen LogP contribution in [0.4, 0.5) is 0 Å². The number of aliphatic hydroxyl groups excluding tert-OH is 2. The van der Waals surface area contributed by atoms with Gasteiger partial charge in [0.25, 0.3) is 0 Å². The van der Waals surface area contributed by atoms with Gasteiger partial charge >= 0.3 is 0 Å². The zero-order valence-electron chi connectivity index (χ0n) is 23.9. The summed E-state index contributed by atoms with van der Waals surface area (Å²) in [6.45, 7) is 17.8.